The van der Waals surface area contributed by atoms with Gasteiger partial charge in [0.05, 0.1) is 13.0 Å². The molecule has 1 N–H and O–H groups in total. The first-order chi connectivity index (χ1) is 12.0. The number of thiocarbonyl (C=S) groups is 1. The Morgan fingerprint density at radius 1 is 1.20 bits per heavy atom. The van der Waals surface area contributed by atoms with Gasteiger partial charge >= 0.3 is 0 Å². The predicted octanol–water partition coefficient (Wildman–Crippen LogP) is 3.45. The first-order valence-corrected chi connectivity index (χ1v) is 8.32. The van der Waals surface area contributed by atoms with E-state index in [-0.39, 0.29) is 11.7 Å². The van der Waals surface area contributed by atoms with Crippen LogP contribution in [-0.2, 0) is 6.42 Å². The summed E-state index contributed by atoms with van der Waals surface area (Å²) in [5, 5.41) is 9.98. The fraction of sp³-hybridized carbons (Fsp3) is 0.211. The van der Waals surface area contributed by atoms with Gasteiger partial charge in [-0.25, -0.2) is 4.99 Å². The summed E-state index contributed by atoms with van der Waals surface area (Å²) in [6.45, 7) is 2.05. The average molecular weight is 352 g/mol. The lowest BCUT2D eigenvalue weighted by atomic mass is 9.93. The Morgan fingerprint density at radius 2 is 2.04 bits per heavy atom. The molecule has 2 heterocycles. The Balaban J connectivity index is 1.71. The van der Waals surface area contributed by atoms with E-state index in [1.807, 2.05) is 12.1 Å². The minimum absolute atomic E-state index is 0.0290. The van der Waals surface area contributed by atoms with E-state index in [1.165, 1.54) is 12.7 Å². The molecule has 0 saturated heterocycles. The number of rotatable bonds is 2. The molecule has 5 nitrogen and oxygen atoms in total. The number of aromatic hydroxyl groups is 1. The highest BCUT2D eigenvalue weighted by atomic mass is 32.1. The maximum absolute atomic E-state index is 9.98. The molecule has 2 aromatic carbocycles. The molecule has 0 saturated carbocycles. The second kappa shape index (κ2) is 5.97. The van der Waals surface area contributed by atoms with Crippen molar-refractivity contribution in [1.29, 1.82) is 0 Å². The van der Waals surface area contributed by atoms with Crippen molar-refractivity contribution >= 4 is 28.9 Å². The molecule has 0 amide bonds. The normalized spacial score (nSPS) is 18.5. The second-order valence-electron chi connectivity index (χ2n) is 6.08. The van der Waals surface area contributed by atoms with Crippen LogP contribution >= 0.6 is 12.2 Å². The third-order valence-electron chi connectivity index (χ3n) is 4.32. The maximum atomic E-state index is 9.98. The third-order valence-corrected chi connectivity index (χ3v) is 4.70. The number of aliphatic imine (C=N–C) groups is 2. The summed E-state index contributed by atoms with van der Waals surface area (Å²) in [7, 11) is 1.50. The number of phenolic OH excluding ortho intramolecular Hbond substituents is 1. The van der Waals surface area contributed by atoms with Gasteiger partial charge in [-0.1, -0.05) is 29.9 Å². The van der Waals surface area contributed by atoms with E-state index in [1.54, 1.807) is 18.2 Å². The largest absolute Gasteiger partial charge is 0.504 e. The van der Waals surface area contributed by atoms with Crippen molar-refractivity contribution in [2.75, 3.05) is 7.11 Å². The zero-order chi connectivity index (χ0) is 17.6. The monoisotopic (exact) mass is 352 g/mol. The number of hydrogen-bond donors (Lipinski definition) is 1. The zero-order valence-corrected chi connectivity index (χ0v) is 14.6. The van der Waals surface area contributed by atoms with Crippen molar-refractivity contribution in [3.05, 3.63) is 53.1 Å². The van der Waals surface area contributed by atoms with Crippen molar-refractivity contribution in [1.82, 2.24) is 0 Å². The average Bonchev–Trinajstić information content (AvgIpc) is 2.60. The molecule has 6 heteroatoms. The summed E-state index contributed by atoms with van der Waals surface area (Å²) in [4.78, 5) is 9.55. The number of aryl methyl sites for hydroxylation is 1. The summed E-state index contributed by atoms with van der Waals surface area (Å²) >= 11 is 5.49. The molecule has 0 spiro atoms. The van der Waals surface area contributed by atoms with Crippen LogP contribution in [-0.4, -0.2) is 28.9 Å². The third kappa shape index (κ3) is 2.78. The van der Waals surface area contributed by atoms with Crippen LogP contribution < -0.4 is 9.47 Å². The van der Waals surface area contributed by atoms with Gasteiger partial charge in [0.25, 0.3) is 0 Å². The maximum Gasteiger partial charge on any atom is 0.207 e. The van der Waals surface area contributed by atoms with E-state index in [0.717, 1.165) is 17.7 Å². The molecule has 0 aromatic heterocycles. The number of ether oxygens (including phenoxy) is 2. The molecule has 1 unspecified atom stereocenters. The number of phenols is 1. The van der Waals surface area contributed by atoms with E-state index in [9.17, 15) is 5.11 Å². The van der Waals surface area contributed by atoms with Crippen LogP contribution in [0.25, 0.3) is 0 Å². The highest BCUT2D eigenvalue weighted by molar-refractivity contribution is 7.80. The highest BCUT2D eigenvalue weighted by Crippen LogP contribution is 2.33. The number of benzene rings is 2. The summed E-state index contributed by atoms with van der Waals surface area (Å²) in [5.74, 6) is 2.10. The van der Waals surface area contributed by atoms with Crippen molar-refractivity contribution in [2.45, 2.75) is 13.3 Å². The quantitative estimate of drug-likeness (QED) is 0.841. The Hall–Kier alpha value is -2.73. The first kappa shape index (κ1) is 15.8. The van der Waals surface area contributed by atoms with Gasteiger partial charge in [-0.3, -0.25) is 0 Å². The Labute approximate surface area is 150 Å². The molecule has 4 rings (SSSR count). The van der Waals surface area contributed by atoms with Crippen LogP contribution in [0.4, 0.5) is 0 Å². The lowest BCUT2D eigenvalue weighted by molar-refractivity contribution is 0.373. The zero-order valence-electron chi connectivity index (χ0n) is 13.8. The molecule has 1 atom stereocenters. The van der Waals surface area contributed by atoms with E-state index in [4.69, 9.17) is 21.7 Å². The molecule has 2 aliphatic rings. The number of nitrogens with zero attached hydrogens (tertiary/aromatic N) is 2. The van der Waals surface area contributed by atoms with Gasteiger partial charge in [-0.2, -0.15) is 4.99 Å². The molecule has 2 aliphatic heterocycles. The molecular weight excluding hydrogens is 336 g/mol. The number of amidine groups is 1. The molecule has 0 fully saturated rings. The molecule has 2 aromatic rings. The smallest absolute Gasteiger partial charge is 0.207 e. The van der Waals surface area contributed by atoms with Crippen LogP contribution in [0.15, 0.2) is 46.4 Å². The van der Waals surface area contributed by atoms with Gasteiger partial charge in [0.2, 0.25) is 5.90 Å². The van der Waals surface area contributed by atoms with Crippen LogP contribution in [0.2, 0.25) is 0 Å². The minimum Gasteiger partial charge on any atom is -0.504 e. The summed E-state index contributed by atoms with van der Waals surface area (Å²) in [6, 6.07) is 11.1. The number of fused-ring (bicyclic) bond motifs is 2. The molecule has 25 heavy (non-hydrogen) atoms. The number of methoxy groups -OCH3 is 1. The van der Waals surface area contributed by atoms with Crippen molar-refractivity contribution in [2.24, 2.45) is 15.9 Å². The Bertz CT molecular complexity index is 950. The fourth-order valence-electron chi connectivity index (χ4n) is 3.02. The van der Waals surface area contributed by atoms with Crippen LogP contribution in [0, 0.1) is 12.8 Å². The van der Waals surface area contributed by atoms with Gasteiger partial charge in [-0.05, 0) is 43.2 Å². The van der Waals surface area contributed by atoms with Crippen molar-refractivity contribution in [3.63, 3.8) is 0 Å². The van der Waals surface area contributed by atoms with Gasteiger partial charge in [-0.15, -0.1) is 0 Å². The summed E-state index contributed by atoms with van der Waals surface area (Å²) in [5.41, 5.74) is 2.96. The van der Waals surface area contributed by atoms with Crippen LogP contribution in [0.3, 0.4) is 0 Å². The van der Waals surface area contributed by atoms with Crippen LogP contribution in [0.5, 0.6) is 17.2 Å². The highest BCUT2D eigenvalue weighted by Gasteiger charge is 2.33. The Morgan fingerprint density at radius 3 is 2.80 bits per heavy atom. The van der Waals surface area contributed by atoms with E-state index in [2.05, 4.69) is 23.0 Å². The molecule has 0 radical (unpaired) electrons. The van der Waals surface area contributed by atoms with Gasteiger partial charge in [0, 0.05) is 5.56 Å². The lowest BCUT2D eigenvalue weighted by Crippen LogP contribution is -2.36. The summed E-state index contributed by atoms with van der Waals surface area (Å²) < 4.78 is 11.0. The predicted molar refractivity (Wildman–Crippen MR) is 100 cm³/mol. The van der Waals surface area contributed by atoms with Gasteiger partial charge < -0.3 is 14.6 Å². The topological polar surface area (TPSA) is 63.4 Å². The fourth-order valence-corrected chi connectivity index (χ4v) is 3.29. The Kier molecular flexibility index (Phi) is 3.77. The van der Waals surface area contributed by atoms with E-state index >= 15 is 0 Å². The molecule has 0 aliphatic carbocycles. The minimum atomic E-state index is -0.125. The molecule has 126 valence electrons. The van der Waals surface area contributed by atoms with E-state index < -0.39 is 0 Å². The number of hydrogen-bond acceptors (Lipinski definition) is 5. The van der Waals surface area contributed by atoms with Crippen molar-refractivity contribution < 1.29 is 14.6 Å². The molecule has 0 bridgehead atoms. The SMILES string of the molecule is COc1ccc(C2=NC(=S)C3Cc4cc(C)ccc4OC3=N2)cc1O. The molecular formula is C19H16N2O3S. The second-order valence-corrected chi connectivity index (χ2v) is 6.50. The lowest BCUT2D eigenvalue weighted by Gasteiger charge is -2.28. The van der Waals surface area contributed by atoms with Crippen molar-refractivity contribution in [3.8, 4) is 17.2 Å². The standard InChI is InChI=1S/C19H16N2O3S/c1-10-3-5-15-12(7-10)8-13-18(24-15)20-17(21-19(13)25)11-4-6-16(23-2)14(22)9-11/h3-7,9,13,22H,8H2,1-2H3. The first-order valence-electron chi connectivity index (χ1n) is 7.91. The van der Waals surface area contributed by atoms with Gasteiger partial charge in [0.1, 0.15) is 10.7 Å². The summed E-state index contributed by atoms with van der Waals surface area (Å²) in [6.07, 6.45) is 0.735. The van der Waals surface area contributed by atoms with Gasteiger partial charge in [0.15, 0.2) is 17.3 Å². The van der Waals surface area contributed by atoms with Crippen LogP contribution in [0.1, 0.15) is 16.7 Å². The van der Waals surface area contributed by atoms with E-state index in [0.29, 0.717) is 28.0 Å².